The molecule has 9 rings (SSSR count). The lowest BCUT2D eigenvalue weighted by Crippen LogP contribution is -2.38. The fourth-order valence-electron chi connectivity index (χ4n) is 7.83. The van der Waals surface area contributed by atoms with Crippen LogP contribution in [0.1, 0.15) is 0 Å². The van der Waals surface area contributed by atoms with E-state index in [1.54, 1.807) is 0 Å². The first-order chi connectivity index (χ1) is 32.0. The summed E-state index contributed by atoms with van der Waals surface area (Å²) in [6.07, 6.45) is 4.16. The number of nitrogens with zero attached hydrogens (tertiary/aromatic N) is 2. The molecule has 0 bridgehead atoms. The minimum atomic E-state index is -4.76. The molecule has 0 radical (unpaired) electrons. The van der Waals surface area contributed by atoms with Gasteiger partial charge in [0.25, 0.3) is 0 Å². The van der Waals surface area contributed by atoms with Crippen LogP contribution in [-0.4, -0.2) is 37.4 Å². The van der Waals surface area contributed by atoms with Crippen LogP contribution in [-0.2, 0) is 20.6 Å². The van der Waals surface area contributed by atoms with Crippen molar-refractivity contribution in [1.82, 2.24) is 0 Å². The molecule has 0 saturated carbocycles. The van der Waals surface area contributed by atoms with Crippen LogP contribution in [0.25, 0.3) is 0 Å². The molecule has 0 spiro atoms. The van der Waals surface area contributed by atoms with Gasteiger partial charge in [-0.3, -0.25) is 0 Å². The minimum absolute atomic E-state index is 0.183. The SMILES string of the molecule is O=S(=O)([O-])N=C1C=CC(=NS(=O)(=O)[O-])C=C1.c1ccc([P+](c2ccccc2)(c2ccccc2)c2ccccc2)cc1.c1ccc([P+](c2ccccc2)(c2ccccc2)c2ccccc2)cc1. The predicted octanol–water partition coefficient (Wildman–Crippen LogP) is 7.53. The molecule has 328 valence electrons. The van der Waals surface area contributed by atoms with E-state index in [-0.39, 0.29) is 11.4 Å². The van der Waals surface area contributed by atoms with Crippen molar-refractivity contribution in [1.29, 1.82) is 0 Å². The van der Waals surface area contributed by atoms with Crippen LogP contribution >= 0.6 is 14.5 Å². The highest BCUT2D eigenvalue weighted by molar-refractivity contribution is 8.02. The number of benzene rings is 8. The molecule has 0 aromatic heterocycles. The zero-order valence-corrected chi connectivity index (χ0v) is 38.9. The molecule has 0 N–H and O–H groups in total. The molecule has 0 fully saturated rings. The van der Waals surface area contributed by atoms with E-state index in [0.29, 0.717) is 0 Å². The molecule has 1 aliphatic rings. The van der Waals surface area contributed by atoms with Crippen molar-refractivity contribution >= 4 is 89.0 Å². The van der Waals surface area contributed by atoms with Gasteiger partial charge in [0.1, 0.15) is 57.0 Å². The summed E-state index contributed by atoms with van der Waals surface area (Å²) in [5.41, 5.74) is -0.366. The average Bonchev–Trinajstić information content (AvgIpc) is 3.35. The summed E-state index contributed by atoms with van der Waals surface area (Å²) in [6, 6.07) is 87.7. The summed E-state index contributed by atoms with van der Waals surface area (Å²) in [7, 11) is -13.3. The number of rotatable bonds is 10. The minimum Gasteiger partial charge on any atom is -0.730 e. The van der Waals surface area contributed by atoms with E-state index < -0.39 is 35.1 Å². The molecular weight excluding hydrogens is 899 g/mol. The molecule has 0 amide bonds. The van der Waals surface area contributed by atoms with Gasteiger partial charge in [0.2, 0.25) is 20.6 Å². The summed E-state index contributed by atoms with van der Waals surface area (Å²) in [4.78, 5) is 0. The monoisotopic (exact) mass is 942 g/mol. The Bertz CT molecular complexity index is 2590. The second kappa shape index (κ2) is 22.0. The third-order valence-electron chi connectivity index (χ3n) is 10.4. The van der Waals surface area contributed by atoms with Gasteiger partial charge in [0.15, 0.2) is 0 Å². The van der Waals surface area contributed by atoms with Gasteiger partial charge in [-0.15, -0.1) is 0 Å². The lowest BCUT2D eigenvalue weighted by Gasteiger charge is -2.27. The Morgan fingerprint density at radius 1 is 0.258 bits per heavy atom. The summed E-state index contributed by atoms with van der Waals surface area (Å²) in [5, 5.41) is 11.1. The van der Waals surface area contributed by atoms with Crippen molar-refractivity contribution in [3.63, 3.8) is 0 Å². The van der Waals surface area contributed by atoms with E-state index in [9.17, 15) is 25.9 Å². The first-order valence-corrected chi connectivity index (χ1v) is 27.0. The van der Waals surface area contributed by atoms with Crippen LogP contribution < -0.4 is 42.4 Å². The Hall–Kier alpha value is -6.74. The van der Waals surface area contributed by atoms with Crippen molar-refractivity contribution in [2.24, 2.45) is 8.80 Å². The molecule has 66 heavy (non-hydrogen) atoms. The van der Waals surface area contributed by atoms with Gasteiger partial charge < -0.3 is 9.11 Å². The largest absolute Gasteiger partial charge is 0.730 e. The van der Waals surface area contributed by atoms with Crippen LogP contribution in [0.15, 0.2) is 276 Å². The number of allylic oxidation sites excluding steroid dienone is 4. The molecule has 0 saturated heterocycles. The van der Waals surface area contributed by atoms with Crippen molar-refractivity contribution in [3.8, 4) is 0 Å². The summed E-state index contributed by atoms with van der Waals surface area (Å²) >= 11 is 0. The maximum Gasteiger partial charge on any atom is 0.203 e. The Morgan fingerprint density at radius 2 is 0.394 bits per heavy atom. The highest BCUT2D eigenvalue weighted by Gasteiger charge is 2.48. The fourth-order valence-corrected chi connectivity index (χ4v) is 17.1. The van der Waals surface area contributed by atoms with Crippen LogP contribution in [0.5, 0.6) is 0 Å². The van der Waals surface area contributed by atoms with Gasteiger partial charge in [-0.05, 0) is 121 Å². The molecule has 12 heteroatoms. The molecule has 0 atom stereocenters. The fraction of sp³-hybridized carbons (Fsp3) is 0. The van der Waals surface area contributed by atoms with Gasteiger partial charge >= 0.3 is 0 Å². The second-order valence-corrected chi connectivity index (χ2v) is 23.5. The van der Waals surface area contributed by atoms with E-state index >= 15 is 0 Å². The van der Waals surface area contributed by atoms with Gasteiger partial charge in [-0.25, -0.2) is 16.8 Å². The summed E-state index contributed by atoms with van der Waals surface area (Å²) in [6.45, 7) is 0. The number of hydrogen-bond acceptors (Lipinski definition) is 6. The van der Waals surface area contributed by atoms with Crippen LogP contribution in [0.4, 0.5) is 0 Å². The van der Waals surface area contributed by atoms with Gasteiger partial charge in [0, 0.05) is 0 Å². The van der Waals surface area contributed by atoms with Crippen LogP contribution in [0.3, 0.4) is 0 Å². The Kier molecular flexibility index (Phi) is 15.7. The smallest absolute Gasteiger partial charge is 0.203 e. The second-order valence-electron chi connectivity index (χ2n) is 14.6. The third kappa shape index (κ3) is 11.6. The molecule has 0 aliphatic heterocycles. The highest BCUT2D eigenvalue weighted by atomic mass is 32.2. The summed E-state index contributed by atoms with van der Waals surface area (Å²) in [5.74, 6) is 0. The van der Waals surface area contributed by atoms with Crippen molar-refractivity contribution in [3.05, 3.63) is 267 Å². The average molecular weight is 943 g/mol. The lowest BCUT2D eigenvalue weighted by molar-refractivity contribution is 0.462. The van der Waals surface area contributed by atoms with E-state index in [2.05, 4.69) is 251 Å². The first kappa shape index (κ1) is 47.2. The topological polar surface area (TPSA) is 139 Å². The zero-order chi connectivity index (χ0) is 46.3. The molecule has 0 heterocycles. The molecule has 1 aliphatic carbocycles. The molecule has 0 unspecified atom stereocenters. The van der Waals surface area contributed by atoms with E-state index in [1.807, 2.05) is 0 Å². The first-order valence-electron chi connectivity index (χ1n) is 20.7. The standard InChI is InChI=1S/2C24H20P.C6H6N2O6S2/c2*1-5-13-21(14-6-1)25(22-15-7-2-8-16-22,23-17-9-3-10-18-23)24-19-11-4-12-20-24;9-15(10,11)7-5-1-2-6(4-3-5)8-16(12,13)14/h2*1-20H;1-4H,(H,9,10,11)(H,12,13,14)/q2*+1;/p-2. The Labute approximate surface area is 388 Å². The van der Waals surface area contributed by atoms with Crippen molar-refractivity contribution in [2.45, 2.75) is 0 Å². The number of hydrogen-bond donors (Lipinski definition) is 0. The normalized spacial score (nSPS) is 12.5. The van der Waals surface area contributed by atoms with Crippen molar-refractivity contribution in [2.75, 3.05) is 0 Å². The van der Waals surface area contributed by atoms with Crippen LogP contribution in [0.2, 0.25) is 0 Å². The van der Waals surface area contributed by atoms with Crippen LogP contribution in [0, 0.1) is 0 Å². The molecule has 8 nitrogen and oxygen atoms in total. The third-order valence-corrected chi connectivity index (χ3v) is 19.9. The Balaban J connectivity index is 0.000000152. The Morgan fingerprint density at radius 3 is 0.515 bits per heavy atom. The predicted molar refractivity (Wildman–Crippen MR) is 275 cm³/mol. The highest BCUT2D eigenvalue weighted by Crippen LogP contribution is 2.55. The quantitative estimate of drug-likeness (QED) is 0.0790. The molecule has 8 aromatic rings. The van der Waals surface area contributed by atoms with E-state index in [4.69, 9.17) is 0 Å². The zero-order valence-electron chi connectivity index (χ0n) is 35.5. The van der Waals surface area contributed by atoms with Gasteiger partial charge in [0.05, 0.1) is 11.4 Å². The van der Waals surface area contributed by atoms with E-state index in [1.165, 1.54) is 42.4 Å². The maximum absolute atomic E-state index is 10.2. The van der Waals surface area contributed by atoms with Gasteiger partial charge in [-0.2, -0.15) is 8.80 Å². The van der Waals surface area contributed by atoms with Gasteiger partial charge in [-0.1, -0.05) is 146 Å². The summed E-state index contributed by atoms with van der Waals surface area (Å²) < 4.78 is 66.9. The maximum atomic E-state index is 10.2. The molecular formula is C54H44N2O6P2S2. The lowest BCUT2D eigenvalue weighted by atomic mass is 10.1. The van der Waals surface area contributed by atoms with E-state index in [0.717, 1.165) is 24.3 Å². The van der Waals surface area contributed by atoms with Crippen molar-refractivity contribution < 1.29 is 25.9 Å². The molecule has 8 aromatic carbocycles.